The summed E-state index contributed by atoms with van der Waals surface area (Å²) in [5.74, 6) is -0.0562. The van der Waals surface area contributed by atoms with Gasteiger partial charge in [0.2, 0.25) is 0 Å². The average molecular weight is 262 g/mol. The van der Waals surface area contributed by atoms with E-state index in [0.717, 1.165) is 24.0 Å². The molecule has 2 aromatic rings. The van der Waals surface area contributed by atoms with Crippen LogP contribution in [0.15, 0.2) is 53.5 Å². The number of nitrogens with zero attached hydrogens (tertiary/aromatic N) is 1. The Morgan fingerprint density at radius 1 is 0.900 bits per heavy atom. The predicted molar refractivity (Wildman–Crippen MR) is 77.7 cm³/mol. The molecule has 1 N–H and O–H groups in total. The summed E-state index contributed by atoms with van der Waals surface area (Å²) in [5, 5.41) is 2.76. The van der Waals surface area contributed by atoms with Crippen LogP contribution in [0.4, 0.5) is 0 Å². The molecule has 2 aliphatic rings. The van der Waals surface area contributed by atoms with Crippen molar-refractivity contribution in [3.8, 4) is 0 Å². The molecule has 1 spiro atoms. The number of hydrogen-bond donors (Lipinski definition) is 1. The minimum atomic E-state index is -0.899. The van der Waals surface area contributed by atoms with E-state index in [1.165, 1.54) is 17.5 Å². The zero-order valence-electron chi connectivity index (χ0n) is 11.0. The highest BCUT2D eigenvalue weighted by molar-refractivity contribution is 6.03. The molecule has 0 unspecified atom stereocenters. The first-order valence-corrected chi connectivity index (χ1v) is 6.84. The van der Waals surface area contributed by atoms with E-state index in [1.54, 1.807) is 0 Å². The minimum absolute atomic E-state index is 0.0562. The van der Waals surface area contributed by atoms with Gasteiger partial charge >= 0.3 is 0 Å². The summed E-state index contributed by atoms with van der Waals surface area (Å²) in [4.78, 5) is 17.2. The Morgan fingerprint density at radius 2 is 1.45 bits per heavy atom. The topological polar surface area (TPSA) is 41.5 Å². The van der Waals surface area contributed by atoms with Crippen molar-refractivity contribution in [2.75, 3.05) is 0 Å². The maximum Gasteiger partial charge on any atom is 0.262 e. The summed E-state index contributed by atoms with van der Waals surface area (Å²) < 4.78 is 0. The van der Waals surface area contributed by atoms with Crippen LogP contribution in [0, 0.1) is 0 Å². The van der Waals surface area contributed by atoms with Crippen LogP contribution >= 0.6 is 0 Å². The fourth-order valence-corrected chi connectivity index (χ4v) is 3.33. The standard InChI is InChI=1S/C17H14N2O/c20-16-17(19-11-18-16)14-7-3-1-5-12(14)9-10-13-6-2-4-8-15(13)17/h1-8,11H,9-10H2,(H,18,19,20). The Morgan fingerprint density at radius 3 is 1.95 bits per heavy atom. The molecule has 0 atom stereocenters. The van der Waals surface area contributed by atoms with E-state index >= 15 is 0 Å². The second-order valence-corrected chi connectivity index (χ2v) is 5.26. The van der Waals surface area contributed by atoms with Crippen LogP contribution in [-0.2, 0) is 23.2 Å². The lowest BCUT2D eigenvalue weighted by atomic mass is 9.80. The number of benzene rings is 2. The Hall–Kier alpha value is -2.42. The second-order valence-electron chi connectivity index (χ2n) is 5.26. The van der Waals surface area contributed by atoms with E-state index in [9.17, 15) is 4.79 Å². The van der Waals surface area contributed by atoms with Crippen LogP contribution in [-0.4, -0.2) is 12.2 Å². The quantitative estimate of drug-likeness (QED) is 0.777. The van der Waals surface area contributed by atoms with E-state index in [2.05, 4.69) is 22.4 Å². The van der Waals surface area contributed by atoms with Gasteiger partial charge in [0.25, 0.3) is 5.91 Å². The number of carbonyl (C=O) groups is 1. The average Bonchev–Trinajstić information content (AvgIpc) is 2.81. The van der Waals surface area contributed by atoms with E-state index in [1.807, 2.05) is 36.4 Å². The van der Waals surface area contributed by atoms with Gasteiger partial charge < -0.3 is 5.32 Å². The number of aryl methyl sites for hydroxylation is 2. The SMILES string of the molecule is O=C1NC=NC12c1ccccc1CCc1ccccc12. The first kappa shape index (κ1) is 11.4. The zero-order chi connectivity index (χ0) is 13.6. The number of aliphatic imine (C=N–C) groups is 1. The van der Waals surface area contributed by atoms with Gasteiger partial charge in [-0.15, -0.1) is 0 Å². The second kappa shape index (κ2) is 4.04. The maximum atomic E-state index is 12.6. The molecular formula is C17H14N2O. The summed E-state index contributed by atoms with van der Waals surface area (Å²) in [6.07, 6.45) is 3.41. The van der Waals surface area contributed by atoms with Crippen molar-refractivity contribution in [1.29, 1.82) is 0 Å². The van der Waals surface area contributed by atoms with Crippen LogP contribution in [0.5, 0.6) is 0 Å². The Balaban J connectivity index is 2.10. The molecule has 4 rings (SSSR count). The monoisotopic (exact) mass is 262 g/mol. The molecular weight excluding hydrogens is 248 g/mol. The van der Waals surface area contributed by atoms with Crippen LogP contribution in [0.25, 0.3) is 0 Å². The molecule has 1 aliphatic heterocycles. The summed E-state index contributed by atoms with van der Waals surface area (Å²) in [7, 11) is 0. The summed E-state index contributed by atoms with van der Waals surface area (Å²) in [5.41, 5.74) is 3.53. The Kier molecular flexibility index (Phi) is 2.30. The van der Waals surface area contributed by atoms with Crippen molar-refractivity contribution in [2.24, 2.45) is 4.99 Å². The van der Waals surface area contributed by atoms with Gasteiger partial charge in [-0.3, -0.25) is 4.79 Å². The summed E-state index contributed by atoms with van der Waals surface area (Å²) in [6, 6.07) is 16.3. The fourth-order valence-electron chi connectivity index (χ4n) is 3.33. The minimum Gasteiger partial charge on any atom is -0.314 e. The molecule has 1 heterocycles. The molecule has 1 amide bonds. The summed E-state index contributed by atoms with van der Waals surface area (Å²) >= 11 is 0. The first-order chi connectivity index (χ1) is 9.82. The fraction of sp³-hybridized carbons (Fsp3) is 0.176. The van der Waals surface area contributed by atoms with Crippen LogP contribution in [0.1, 0.15) is 22.3 Å². The molecule has 20 heavy (non-hydrogen) atoms. The van der Waals surface area contributed by atoms with Crippen LogP contribution in [0.3, 0.4) is 0 Å². The van der Waals surface area contributed by atoms with Crippen molar-refractivity contribution in [3.05, 3.63) is 70.8 Å². The molecule has 0 saturated carbocycles. The normalized spacial score (nSPS) is 18.3. The van der Waals surface area contributed by atoms with Gasteiger partial charge in [0.1, 0.15) is 0 Å². The Bertz CT molecular complexity index is 686. The van der Waals surface area contributed by atoms with Gasteiger partial charge in [0, 0.05) is 0 Å². The molecule has 3 heteroatoms. The van der Waals surface area contributed by atoms with Gasteiger partial charge in [-0.25, -0.2) is 4.99 Å². The smallest absolute Gasteiger partial charge is 0.262 e. The predicted octanol–water partition coefficient (Wildman–Crippen LogP) is 2.19. The van der Waals surface area contributed by atoms with E-state index in [4.69, 9.17) is 0 Å². The number of carbonyl (C=O) groups excluding carboxylic acids is 1. The van der Waals surface area contributed by atoms with E-state index < -0.39 is 5.54 Å². The first-order valence-electron chi connectivity index (χ1n) is 6.84. The van der Waals surface area contributed by atoms with Gasteiger partial charge in [-0.1, -0.05) is 48.5 Å². The third-order valence-corrected chi connectivity index (χ3v) is 4.26. The van der Waals surface area contributed by atoms with Gasteiger partial charge in [0.05, 0.1) is 6.34 Å². The zero-order valence-corrected chi connectivity index (χ0v) is 11.0. The number of amides is 1. The van der Waals surface area contributed by atoms with E-state index in [0.29, 0.717) is 0 Å². The van der Waals surface area contributed by atoms with Crippen LogP contribution in [0.2, 0.25) is 0 Å². The van der Waals surface area contributed by atoms with Crippen molar-refractivity contribution in [1.82, 2.24) is 5.32 Å². The molecule has 98 valence electrons. The number of hydrogen-bond acceptors (Lipinski definition) is 2. The third-order valence-electron chi connectivity index (χ3n) is 4.26. The number of rotatable bonds is 0. The molecule has 0 aromatic heterocycles. The highest BCUT2D eigenvalue weighted by atomic mass is 16.2. The molecule has 3 nitrogen and oxygen atoms in total. The van der Waals surface area contributed by atoms with Gasteiger partial charge in [-0.2, -0.15) is 0 Å². The van der Waals surface area contributed by atoms with Crippen molar-refractivity contribution in [3.63, 3.8) is 0 Å². The highest BCUT2D eigenvalue weighted by Crippen LogP contribution is 2.42. The summed E-state index contributed by atoms with van der Waals surface area (Å²) in [6.45, 7) is 0. The van der Waals surface area contributed by atoms with Crippen molar-refractivity contribution in [2.45, 2.75) is 18.4 Å². The third kappa shape index (κ3) is 1.35. The molecule has 0 fully saturated rings. The van der Waals surface area contributed by atoms with Gasteiger partial charge in [-0.05, 0) is 35.1 Å². The lowest BCUT2D eigenvalue weighted by molar-refractivity contribution is -0.122. The number of nitrogens with one attached hydrogen (secondary N) is 1. The van der Waals surface area contributed by atoms with E-state index in [-0.39, 0.29) is 5.91 Å². The lowest BCUT2D eigenvalue weighted by Gasteiger charge is -2.26. The van der Waals surface area contributed by atoms with Crippen LogP contribution < -0.4 is 5.32 Å². The Labute approximate surface area is 117 Å². The molecule has 0 saturated heterocycles. The molecule has 2 aromatic carbocycles. The molecule has 1 aliphatic carbocycles. The molecule has 0 bridgehead atoms. The lowest BCUT2D eigenvalue weighted by Crippen LogP contribution is -2.38. The largest absolute Gasteiger partial charge is 0.314 e. The number of fused-ring (bicyclic) bond motifs is 4. The van der Waals surface area contributed by atoms with Crippen molar-refractivity contribution < 1.29 is 4.79 Å². The maximum absolute atomic E-state index is 12.6. The highest BCUT2D eigenvalue weighted by Gasteiger charge is 2.47. The molecule has 0 radical (unpaired) electrons. The van der Waals surface area contributed by atoms with Crippen molar-refractivity contribution >= 4 is 12.2 Å². The van der Waals surface area contributed by atoms with Gasteiger partial charge in [0.15, 0.2) is 5.54 Å².